The van der Waals surface area contributed by atoms with E-state index in [-0.39, 0.29) is 6.61 Å². The molecule has 0 aliphatic heterocycles. The van der Waals surface area contributed by atoms with Crippen molar-refractivity contribution in [1.29, 1.82) is 0 Å². The van der Waals surface area contributed by atoms with Crippen LogP contribution in [0.2, 0.25) is 0 Å². The summed E-state index contributed by atoms with van der Waals surface area (Å²) in [7, 11) is 2.01. The minimum Gasteiger partial charge on any atom is -0.395 e. The fourth-order valence-electron chi connectivity index (χ4n) is 2.66. The Morgan fingerprint density at radius 3 is 2.60 bits per heavy atom. The lowest BCUT2D eigenvalue weighted by atomic mass is 9.97. The average Bonchev–Trinajstić information content (AvgIpc) is 2.98. The van der Waals surface area contributed by atoms with Gasteiger partial charge in [0.05, 0.1) is 12.3 Å². The van der Waals surface area contributed by atoms with Crippen LogP contribution in [-0.4, -0.2) is 34.1 Å². The normalized spacial score (nSPS) is 14.4. The summed E-state index contributed by atoms with van der Waals surface area (Å²) < 4.78 is 2.10. The molecule has 5 nitrogen and oxygen atoms in total. The SMILES string of the molecule is CC(=NOCCc1ccccc1)c1ccc(CC[C@@](C)(N)CO)n1C. The molecule has 25 heavy (non-hydrogen) atoms. The Balaban J connectivity index is 1.89. The predicted octanol–water partition coefficient (Wildman–Crippen LogP) is 2.65. The number of benzene rings is 1. The van der Waals surface area contributed by atoms with Crippen molar-refractivity contribution in [3.8, 4) is 0 Å². The molecule has 2 rings (SSSR count). The first kappa shape index (κ1) is 19.2. The van der Waals surface area contributed by atoms with Gasteiger partial charge >= 0.3 is 0 Å². The molecule has 2 aromatic rings. The molecular formula is C20H29N3O2. The minimum atomic E-state index is -0.548. The Morgan fingerprint density at radius 1 is 1.20 bits per heavy atom. The molecule has 0 saturated heterocycles. The molecule has 0 fully saturated rings. The van der Waals surface area contributed by atoms with Crippen molar-refractivity contribution in [1.82, 2.24) is 4.57 Å². The number of hydrogen-bond acceptors (Lipinski definition) is 4. The van der Waals surface area contributed by atoms with E-state index in [0.29, 0.717) is 6.61 Å². The second kappa shape index (κ2) is 8.83. The van der Waals surface area contributed by atoms with Crippen molar-refractivity contribution in [2.24, 2.45) is 17.9 Å². The van der Waals surface area contributed by atoms with Crippen LogP contribution in [0.15, 0.2) is 47.6 Å². The van der Waals surface area contributed by atoms with Crippen LogP contribution < -0.4 is 5.73 Å². The Kier molecular flexibility index (Phi) is 6.79. The van der Waals surface area contributed by atoms with Crippen molar-refractivity contribution < 1.29 is 9.94 Å². The van der Waals surface area contributed by atoms with Crippen LogP contribution in [0.25, 0.3) is 0 Å². The highest BCUT2D eigenvalue weighted by molar-refractivity contribution is 5.97. The third kappa shape index (κ3) is 5.73. The monoisotopic (exact) mass is 343 g/mol. The van der Waals surface area contributed by atoms with Gasteiger partial charge in [0.25, 0.3) is 0 Å². The van der Waals surface area contributed by atoms with E-state index in [4.69, 9.17) is 10.6 Å². The molecular weight excluding hydrogens is 314 g/mol. The van der Waals surface area contributed by atoms with Gasteiger partial charge in [-0.05, 0) is 44.4 Å². The van der Waals surface area contributed by atoms with Gasteiger partial charge in [-0.15, -0.1) is 0 Å². The maximum atomic E-state index is 9.27. The van der Waals surface area contributed by atoms with Crippen molar-refractivity contribution in [3.05, 3.63) is 59.4 Å². The number of aromatic nitrogens is 1. The standard InChI is InChI=1S/C20H29N3O2/c1-16(22-25-14-12-17-7-5-4-6-8-17)19-10-9-18(23(19)3)11-13-20(2,21)15-24/h4-10,24H,11-15,21H2,1-3H3/t20-/m1/s1. The van der Waals surface area contributed by atoms with Gasteiger partial charge in [-0.2, -0.15) is 0 Å². The maximum Gasteiger partial charge on any atom is 0.121 e. The lowest BCUT2D eigenvalue weighted by Crippen LogP contribution is -2.40. The third-order valence-corrected chi connectivity index (χ3v) is 4.44. The first-order valence-electron chi connectivity index (χ1n) is 8.68. The van der Waals surface area contributed by atoms with Crippen LogP contribution in [0.3, 0.4) is 0 Å². The van der Waals surface area contributed by atoms with Crippen LogP contribution in [0, 0.1) is 0 Å². The molecule has 1 atom stereocenters. The summed E-state index contributed by atoms with van der Waals surface area (Å²) in [4.78, 5) is 5.47. The van der Waals surface area contributed by atoms with Gasteiger partial charge in [0.15, 0.2) is 0 Å². The number of rotatable bonds is 9. The van der Waals surface area contributed by atoms with E-state index in [2.05, 4.69) is 27.9 Å². The largest absolute Gasteiger partial charge is 0.395 e. The highest BCUT2D eigenvalue weighted by atomic mass is 16.6. The first-order chi connectivity index (χ1) is 11.9. The average molecular weight is 343 g/mol. The lowest BCUT2D eigenvalue weighted by Gasteiger charge is -2.21. The second-order valence-electron chi connectivity index (χ2n) is 6.83. The van der Waals surface area contributed by atoms with Crippen molar-refractivity contribution >= 4 is 5.71 Å². The smallest absolute Gasteiger partial charge is 0.121 e. The zero-order valence-electron chi connectivity index (χ0n) is 15.4. The van der Waals surface area contributed by atoms with Gasteiger partial charge in [-0.1, -0.05) is 35.5 Å². The summed E-state index contributed by atoms with van der Waals surface area (Å²) >= 11 is 0. The molecule has 1 heterocycles. The fraction of sp³-hybridized carbons (Fsp3) is 0.450. The van der Waals surface area contributed by atoms with E-state index >= 15 is 0 Å². The van der Waals surface area contributed by atoms with Crippen molar-refractivity contribution in [3.63, 3.8) is 0 Å². The fourth-order valence-corrected chi connectivity index (χ4v) is 2.66. The second-order valence-corrected chi connectivity index (χ2v) is 6.83. The molecule has 0 aliphatic carbocycles. The number of aliphatic hydroxyl groups excluding tert-OH is 1. The molecule has 0 saturated carbocycles. The Hall–Kier alpha value is -2.11. The van der Waals surface area contributed by atoms with E-state index in [1.165, 1.54) is 11.3 Å². The first-order valence-corrected chi connectivity index (χ1v) is 8.68. The number of oxime groups is 1. The summed E-state index contributed by atoms with van der Waals surface area (Å²) in [6.07, 6.45) is 2.38. The van der Waals surface area contributed by atoms with Gasteiger partial charge in [0.1, 0.15) is 12.3 Å². The van der Waals surface area contributed by atoms with E-state index < -0.39 is 5.54 Å². The molecule has 1 aromatic carbocycles. The molecule has 0 amide bonds. The Labute approximate surface area is 150 Å². The van der Waals surface area contributed by atoms with Gasteiger partial charge in [-0.3, -0.25) is 0 Å². The summed E-state index contributed by atoms with van der Waals surface area (Å²) in [6.45, 7) is 4.35. The van der Waals surface area contributed by atoms with Crippen LogP contribution in [0.1, 0.15) is 37.2 Å². The number of hydrogen-bond donors (Lipinski definition) is 2. The third-order valence-electron chi connectivity index (χ3n) is 4.44. The maximum absolute atomic E-state index is 9.27. The van der Waals surface area contributed by atoms with E-state index in [1.807, 2.05) is 45.2 Å². The number of nitrogens with zero attached hydrogens (tertiary/aromatic N) is 2. The van der Waals surface area contributed by atoms with Crippen LogP contribution in [0.4, 0.5) is 0 Å². The van der Waals surface area contributed by atoms with Crippen LogP contribution in [-0.2, 0) is 24.7 Å². The summed E-state index contributed by atoms with van der Waals surface area (Å²) in [5.74, 6) is 0. The summed E-state index contributed by atoms with van der Waals surface area (Å²) in [5, 5.41) is 13.5. The van der Waals surface area contributed by atoms with E-state index in [1.54, 1.807) is 0 Å². The zero-order valence-corrected chi connectivity index (χ0v) is 15.4. The van der Waals surface area contributed by atoms with Gasteiger partial charge < -0.3 is 20.2 Å². The van der Waals surface area contributed by atoms with Crippen molar-refractivity contribution in [2.45, 2.75) is 38.6 Å². The van der Waals surface area contributed by atoms with Crippen LogP contribution >= 0.6 is 0 Å². The molecule has 0 aliphatic rings. The molecule has 0 radical (unpaired) electrons. The van der Waals surface area contributed by atoms with Crippen LogP contribution in [0.5, 0.6) is 0 Å². The molecule has 1 aromatic heterocycles. The molecule has 5 heteroatoms. The van der Waals surface area contributed by atoms with Gasteiger partial charge in [-0.25, -0.2) is 0 Å². The number of nitrogens with two attached hydrogens (primary N) is 1. The van der Waals surface area contributed by atoms with Crippen molar-refractivity contribution in [2.75, 3.05) is 13.2 Å². The molecule has 0 bridgehead atoms. The predicted molar refractivity (Wildman–Crippen MR) is 102 cm³/mol. The van der Waals surface area contributed by atoms with E-state index in [9.17, 15) is 5.11 Å². The number of aliphatic hydroxyl groups is 1. The topological polar surface area (TPSA) is 72.8 Å². The van der Waals surface area contributed by atoms with Gasteiger partial charge in [0, 0.05) is 24.7 Å². The quantitative estimate of drug-likeness (QED) is 0.418. The van der Waals surface area contributed by atoms with E-state index in [0.717, 1.165) is 30.7 Å². The minimum absolute atomic E-state index is 0.0139. The highest BCUT2D eigenvalue weighted by Gasteiger charge is 2.18. The summed E-state index contributed by atoms with van der Waals surface area (Å²) in [6, 6.07) is 14.3. The van der Waals surface area contributed by atoms with Gasteiger partial charge in [0.2, 0.25) is 0 Å². The number of aryl methyl sites for hydroxylation is 1. The molecule has 0 spiro atoms. The molecule has 3 N–H and O–H groups in total. The zero-order chi connectivity index (χ0) is 18.3. The molecule has 0 unspecified atom stereocenters. The molecule has 136 valence electrons. The lowest BCUT2D eigenvalue weighted by molar-refractivity contribution is 0.147. The Morgan fingerprint density at radius 2 is 1.92 bits per heavy atom. The Bertz CT molecular complexity index is 690. The summed E-state index contributed by atoms with van der Waals surface area (Å²) in [5.41, 5.74) is 9.74. The highest BCUT2D eigenvalue weighted by Crippen LogP contribution is 2.15.